The number of aryl methyl sites for hydroxylation is 3. The maximum atomic E-state index is 12.4. The molecule has 5 heteroatoms. The van der Waals surface area contributed by atoms with Crippen LogP contribution in [0.3, 0.4) is 0 Å². The number of fused-ring (bicyclic) bond motifs is 2. The van der Waals surface area contributed by atoms with Gasteiger partial charge in [-0.25, -0.2) is 14.8 Å². The summed E-state index contributed by atoms with van der Waals surface area (Å²) in [6, 6.07) is 11.3. The molecule has 0 bridgehead atoms. The van der Waals surface area contributed by atoms with Gasteiger partial charge in [0.15, 0.2) is 0 Å². The van der Waals surface area contributed by atoms with E-state index in [2.05, 4.69) is 38.8 Å². The van der Waals surface area contributed by atoms with E-state index in [1.165, 1.54) is 5.56 Å². The number of urea groups is 1. The zero-order valence-corrected chi connectivity index (χ0v) is 14.8. The molecule has 1 heterocycles. The minimum Gasteiger partial charge on any atom is -0.308 e. The molecule has 2 aromatic carbocycles. The quantitative estimate of drug-likeness (QED) is 0.656. The Bertz CT molecular complexity index is 1050. The number of hydrogen-bond donors (Lipinski definition) is 2. The number of rotatable bonds is 2. The maximum Gasteiger partial charge on any atom is 0.323 e. The lowest BCUT2D eigenvalue weighted by Gasteiger charge is -2.16. The van der Waals surface area contributed by atoms with Crippen molar-refractivity contribution >= 4 is 34.5 Å². The van der Waals surface area contributed by atoms with Crippen molar-refractivity contribution in [3.63, 3.8) is 0 Å². The minimum atomic E-state index is -0.270. The molecule has 0 fully saturated rings. The molecule has 0 unspecified atom stereocenters. The number of benzene rings is 2. The van der Waals surface area contributed by atoms with Crippen LogP contribution in [0, 0.1) is 13.8 Å². The van der Waals surface area contributed by atoms with Crippen molar-refractivity contribution in [1.82, 2.24) is 9.97 Å². The van der Waals surface area contributed by atoms with Gasteiger partial charge < -0.3 is 10.6 Å². The van der Waals surface area contributed by atoms with Gasteiger partial charge in [-0.1, -0.05) is 24.3 Å². The number of anilines is 2. The van der Waals surface area contributed by atoms with E-state index < -0.39 is 0 Å². The lowest BCUT2D eigenvalue weighted by Crippen LogP contribution is -2.20. The first kappa shape index (κ1) is 16.3. The van der Waals surface area contributed by atoms with Crippen LogP contribution in [0.4, 0.5) is 16.2 Å². The Morgan fingerprint density at radius 1 is 1.04 bits per heavy atom. The highest BCUT2D eigenvalue weighted by Gasteiger charge is 2.12. The molecule has 0 aliphatic heterocycles. The molecule has 0 atom stereocenters. The normalized spacial score (nSPS) is 12.7. The first-order valence-electron chi connectivity index (χ1n) is 8.71. The monoisotopic (exact) mass is 348 g/mol. The van der Waals surface area contributed by atoms with E-state index in [1.54, 1.807) is 0 Å². The lowest BCUT2D eigenvalue weighted by molar-refractivity contribution is 0.262. The van der Waals surface area contributed by atoms with E-state index in [9.17, 15) is 4.79 Å². The topological polar surface area (TPSA) is 66.9 Å². The number of allylic oxidation sites excluding steroid dienone is 1. The van der Waals surface area contributed by atoms with Crippen LogP contribution in [-0.4, -0.2) is 16.0 Å². The van der Waals surface area contributed by atoms with E-state index in [1.807, 2.05) is 44.2 Å². The Kier molecular flexibility index (Phi) is 4.13. The summed E-state index contributed by atoms with van der Waals surface area (Å²) in [6.45, 7) is 3.87. The third-order valence-electron chi connectivity index (χ3n) is 4.64. The van der Waals surface area contributed by atoms with Gasteiger partial charge >= 0.3 is 6.03 Å². The van der Waals surface area contributed by atoms with E-state index in [-0.39, 0.29) is 8.88 Å². The number of aromatic nitrogens is 2. The molecule has 2 N–H and O–H groups in total. The summed E-state index contributed by atoms with van der Waals surface area (Å²) >= 11 is 0. The van der Waals surface area contributed by atoms with Crippen LogP contribution in [0.1, 0.15) is 31.8 Å². The SMILES string of the molecule is Cc1nc2ccc(NC(=O)Nc3cccc4c3C=CCC4)cc2nc1C.[HH].[HH]. The van der Waals surface area contributed by atoms with Crippen molar-refractivity contribution in [1.29, 1.82) is 0 Å². The van der Waals surface area contributed by atoms with Gasteiger partial charge in [0, 0.05) is 19.8 Å². The van der Waals surface area contributed by atoms with Crippen molar-refractivity contribution < 1.29 is 7.65 Å². The van der Waals surface area contributed by atoms with Crippen LogP contribution in [0.15, 0.2) is 42.5 Å². The number of carbonyl (C=O) groups is 1. The van der Waals surface area contributed by atoms with Gasteiger partial charge in [-0.15, -0.1) is 0 Å². The third kappa shape index (κ3) is 3.16. The molecule has 3 aromatic rings. The number of carbonyl (C=O) groups excluding carboxylic acids is 1. The Hall–Kier alpha value is -3.21. The summed E-state index contributed by atoms with van der Waals surface area (Å²) in [5, 5.41) is 5.83. The van der Waals surface area contributed by atoms with Gasteiger partial charge in [0.2, 0.25) is 0 Å². The molecule has 0 spiro atoms. The van der Waals surface area contributed by atoms with Gasteiger partial charge in [0.1, 0.15) is 0 Å². The molecular formula is C21H24N4O. The first-order valence-corrected chi connectivity index (χ1v) is 8.71. The number of hydrogen-bond acceptors (Lipinski definition) is 3. The fourth-order valence-electron chi connectivity index (χ4n) is 3.17. The standard InChI is InChI=1S/C21H20N4O.2H2/c1-13-14(2)23-20-12-16(10-11-19(20)22-13)24-21(26)25-18-9-5-7-15-6-3-4-8-17(15)18;;/h4-5,7-12H,3,6H2,1-2H3,(H2,24,25,26);2*1H. The molecule has 0 saturated carbocycles. The van der Waals surface area contributed by atoms with Gasteiger partial charge in [0.05, 0.1) is 22.4 Å². The highest BCUT2D eigenvalue weighted by Crippen LogP contribution is 2.27. The zero-order valence-electron chi connectivity index (χ0n) is 14.8. The molecule has 2 amide bonds. The van der Waals surface area contributed by atoms with Gasteiger partial charge in [-0.3, -0.25) is 0 Å². The Morgan fingerprint density at radius 3 is 2.69 bits per heavy atom. The van der Waals surface area contributed by atoms with Crippen LogP contribution >= 0.6 is 0 Å². The summed E-state index contributed by atoms with van der Waals surface area (Å²) < 4.78 is 0. The van der Waals surface area contributed by atoms with Gasteiger partial charge in [-0.2, -0.15) is 0 Å². The maximum absolute atomic E-state index is 12.4. The van der Waals surface area contributed by atoms with E-state index in [4.69, 9.17) is 0 Å². The van der Waals surface area contributed by atoms with Crippen molar-refractivity contribution in [3.05, 3.63) is 65.0 Å². The van der Waals surface area contributed by atoms with Crippen molar-refractivity contribution in [3.8, 4) is 0 Å². The lowest BCUT2D eigenvalue weighted by atomic mass is 9.96. The number of nitrogens with one attached hydrogen (secondary N) is 2. The number of nitrogens with zero attached hydrogens (tertiary/aromatic N) is 2. The zero-order chi connectivity index (χ0) is 18.1. The van der Waals surface area contributed by atoms with E-state index in [0.29, 0.717) is 5.69 Å². The smallest absolute Gasteiger partial charge is 0.308 e. The van der Waals surface area contributed by atoms with Crippen LogP contribution in [-0.2, 0) is 6.42 Å². The van der Waals surface area contributed by atoms with E-state index >= 15 is 0 Å². The summed E-state index contributed by atoms with van der Waals surface area (Å²) in [6.07, 6.45) is 6.26. The van der Waals surface area contributed by atoms with Crippen LogP contribution < -0.4 is 10.6 Å². The Balaban J connectivity index is 0.00000140. The average Bonchev–Trinajstić information content (AvgIpc) is 2.63. The van der Waals surface area contributed by atoms with E-state index in [0.717, 1.165) is 46.5 Å². The van der Waals surface area contributed by atoms with Crippen molar-refractivity contribution in [2.45, 2.75) is 26.7 Å². The van der Waals surface area contributed by atoms with Gasteiger partial charge in [-0.05, 0) is 56.5 Å². The number of amides is 2. The summed E-state index contributed by atoms with van der Waals surface area (Å²) in [5.74, 6) is 0. The summed E-state index contributed by atoms with van der Waals surface area (Å²) in [4.78, 5) is 21.5. The molecule has 26 heavy (non-hydrogen) atoms. The third-order valence-corrected chi connectivity index (χ3v) is 4.64. The molecule has 1 aliphatic carbocycles. The van der Waals surface area contributed by atoms with Gasteiger partial charge in [0.25, 0.3) is 0 Å². The van der Waals surface area contributed by atoms with Crippen LogP contribution in [0.5, 0.6) is 0 Å². The molecule has 4 rings (SSSR count). The predicted molar refractivity (Wildman–Crippen MR) is 110 cm³/mol. The predicted octanol–water partition coefficient (Wildman–Crippen LogP) is 5.34. The Labute approximate surface area is 155 Å². The summed E-state index contributed by atoms with van der Waals surface area (Å²) in [7, 11) is 0. The fraction of sp³-hybridized carbons (Fsp3) is 0.190. The Morgan fingerprint density at radius 2 is 1.85 bits per heavy atom. The van der Waals surface area contributed by atoms with Crippen LogP contribution in [0.2, 0.25) is 0 Å². The minimum absolute atomic E-state index is 0. The molecule has 134 valence electrons. The average molecular weight is 348 g/mol. The van der Waals surface area contributed by atoms with Crippen LogP contribution in [0.25, 0.3) is 17.1 Å². The van der Waals surface area contributed by atoms with Crippen molar-refractivity contribution in [2.24, 2.45) is 0 Å². The molecule has 1 aromatic heterocycles. The largest absolute Gasteiger partial charge is 0.323 e. The molecule has 1 aliphatic rings. The second-order valence-electron chi connectivity index (χ2n) is 6.50. The molecular weight excluding hydrogens is 324 g/mol. The highest BCUT2D eigenvalue weighted by molar-refractivity contribution is 6.02. The molecule has 0 radical (unpaired) electrons. The first-order chi connectivity index (χ1) is 12.6. The highest BCUT2D eigenvalue weighted by atomic mass is 16.2. The fourth-order valence-corrected chi connectivity index (χ4v) is 3.17. The van der Waals surface area contributed by atoms with Crippen molar-refractivity contribution in [2.75, 3.05) is 10.6 Å². The summed E-state index contributed by atoms with van der Waals surface area (Å²) in [5.41, 5.74) is 7.25. The molecule has 0 saturated heterocycles. The molecule has 5 nitrogen and oxygen atoms in total. The second-order valence-corrected chi connectivity index (χ2v) is 6.50. The second kappa shape index (κ2) is 6.59.